The Bertz CT molecular complexity index is 745. The lowest BCUT2D eigenvalue weighted by Crippen LogP contribution is -2.29. The smallest absolute Gasteiger partial charge is 0.132 e. The Hall–Kier alpha value is -1.43. The lowest BCUT2D eigenvalue weighted by Gasteiger charge is -2.27. The number of aromatic nitrogens is 3. The first-order valence-electron chi connectivity index (χ1n) is 7.38. The largest absolute Gasteiger partial charge is 0.351 e. The fourth-order valence-corrected chi connectivity index (χ4v) is 3.66. The lowest BCUT2D eigenvalue weighted by atomic mass is 9.96. The summed E-state index contributed by atoms with van der Waals surface area (Å²) in [5.74, 6) is 1.51. The van der Waals surface area contributed by atoms with Gasteiger partial charge in [0.25, 0.3) is 0 Å². The van der Waals surface area contributed by atoms with Crippen molar-refractivity contribution in [1.82, 2.24) is 19.9 Å². The van der Waals surface area contributed by atoms with Gasteiger partial charge in [0.05, 0.1) is 27.8 Å². The highest BCUT2D eigenvalue weighted by molar-refractivity contribution is 7.13. The van der Waals surface area contributed by atoms with Crippen molar-refractivity contribution in [2.75, 3.05) is 20.1 Å². The van der Waals surface area contributed by atoms with Crippen molar-refractivity contribution in [3.8, 4) is 10.6 Å². The fraction of sp³-hybridized carbons (Fsp3) is 0.375. The van der Waals surface area contributed by atoms with Crippen molar-refractivity contribution >= 4 is 34.8 Å². The zero-order valence-corrected chi connectivity index (χ0v) is 14.1. The zero-order chi connectivity index (χ0) is 14.2. The molecule has 22 heavy (non-hydrogen) atoms. The Morgan fingerprint density at radius 1 is 1.32 bits per heavy atom. The van der Waals surface area contributed by atoms with Crippen LogP contribution in [0.15, 0.2) is 29.8 Å². The van der Waals surface area contributed by atoms with Crippen molar-refractivity contribution < 1.29 is 0 Å². The third-order valence-electron chi connectivity index (χ3n) is 4.26. The van der Waals surface area contributed by atoms with E-state index in [2.05, 4.69) is 45.5 Å². The molecular formula is C16H19ClN4S. The van der Waals surface area contributed by atoms with E-state index in [-0.39, 0.29) is 12.4 Å². The Kier molecular flexibility index (Phi) is 4.47. The van der Waals surface area contributed by atoms with Gasteiger partial charge in [0.2, 0.25) is 0 Å². The molecule has 0 aromatic carbocycles. The summed E-state index contributed by atoms with van der Waals surface area (Å²) in [5, 5.41) is 2.09. The van der Waals surface area contributed by atoms with Gasteiger partial charge >= 0.3 is 0 Å². The number of rotatable bonds is 2. The summed E-state index contributed by atoms with van der Waals surface area (Å²) in [6.45, 7) is 2.28. The van der Waals surface area contributed by atoms with Gasteiger partial charge < -0.3 is 9.88 Å². The van der Waals surface area contributed by atoms with E-state index in [1.807, 2.05) is 6.20 Å². The summed E-state index contributed by atoms with van der Waals surface area (Å²) in [6, 6.07) is 6.34. The van der Waals surface area contributed by atoms with E-state index in [4.69, 9.17) is 4.98 Å². The average Bonchev–Trinajstić information content (AvgIpc) is 3.16. The molecule has 0 spiro atoms. The standard InChI is InChI=1S/C16H18N4S.ClH/c1-20-6-4-11(5-7-20)16-17-10-14-12(19-16)9-13(18-14)15-3-2-8-21-15;/h2-3,8-11,18H,4-7H2,1H3;1H. The van der Waals surface area contributed by atoms with Gasteiger partial charge in [0.1, 0.15) is 5.82 Å². The maximum Gasteiger partial charge on any atom is 0.132 e. The summed E-state index contributed by atoms with van der Waals surface area (Å²) in [5.41, 5.74) is 3.19. The van der Waals surface area contributed by atoms with Gasteiger partial charge in [-0.25, -0.2) is 9.97 Å². The Morgan fingerprint density at radius 2 is 2.14 bits per heavy atom. The van der Waals surface area contributed by atoms with E-state index in [0.717, 1.165) is 48.5 Å². The first-order valence-corrected chi connectivity index (χ1v) is 8.25. The van der Waals surface area contributed by atoms with Crippen LogP contribution in [-0.2, 0) is 0 Å². The zero-order valence-electron chi connectivity index (χ0n) is 12.5. The highest BCUT2D eigenvalue weighted by Gasteiger charge is 2.21. The number of halogens is 1. The summed E-state index contributed by atoms with van der Waals surface area (Å²) in [6.07, 6.45) is 4.25. The third-order valence-corrected chi connectivity index (χ3v) is 5.16. The minimum absolute atomic E-state index is 0. The molecular weight excluding hydrogens is 316 g/mol. The van der Waals surface area contributed by atoms with Crippen LogP contribution in [-0.4, -0.2) is 40.0 Å². The first kappa shape index (κ1) is 15.5. The third kappa shape index (κ3) is 2.89. The lowest BCUT2D eigenvalue weighted by molar-refractivity contribution is 0.251. The number of hydrogen-bond donors (Lipinski definition) is 1. The molecule has 0 atom stereocenters. The summed E-state index contributed by atoms with van der Waals surface area (Å²) in [4.78, 5) is 16.4. The second kappa shape index (κ2) is 6.36. The number of piperidine rings is 1. The number of nitrogens with one attached hydrogen (secondary N) is 1. The fourth-order valence-electron chi connectivity index (χ4n) is 2.96. The van der Waals surface area contributed by atoms with Crippen LogP contribution < -0.4 is 0 Å². The first-order chi connectivity index (χ1) is 10.3. The number of thiophene rings is 1. The SMILES string of the molecule is CN1CCC(c2ncc3[nH]c(-c4cccs4)cc3n2)CC1.Cl. The van der Waals surface area contributed by atoms with Crippen LogP contribution in [0.1, 0.15) is 24.6 Å². The normalized spacial score (nSPS) is 16.8. The number of likely N-dealkylation sites (tertiary alicyclic amines) is 1. The van der Waals surface area contributed by atoms with Crippen molar-refractivity contribution in [3.63, 3.8) is 0 Å². The Labute approximate surface area is 140 Å². The monoisotopic (exact) mass is 334 g/mol. The summed E-state index contributed by atoms with van der Waals surface area (Å²) < 4.78 is 0. The summed E-state index contributed by atoms with van der Waals surface area (Å²) >= 11 is 1.74. The topological polar surface area (TPSA) is 44.8 Å². The molecule has 0 radical (unpaired) electrons. The number of hydrogen-bond acceptors (Lipinski definition) is 4. The molecule has 6 heteroatoms. The van der Waals surface area contributed by atoms with E-state index in [1.165, 1.54) is 4.88 Å². The minimum Gasteiger partial charge on any atom is -0.351 e. The molecule has 0 saturated carbocycles. The molecule has 3 aromatic heterocycles. The highest BCUT2D eigenvalue weighted by Crippen LogP contribution is 2.29. The van der Waals surface area contributed by atoms with Gasteiger partial charge in [-0.3, -0.25) is 0 Å². The number of fused-ring (bicyclic) bond motifs is 1. The van der Waals surface area contributed by atoms with Crippen molar-refractivity contribution in [1.29, 1.82) is 0 Å². The van der Waals surface area contributed by atoms with Crippen LogP contribution in [0.2, 0.25) is 0 Å². The molecule has 4 nitrogen and oxygen atoms in total. The predicted octanol–water partition coefficient (Wildman–Crippen LogP) is 3.92. The van der Waals surface area contributed by atoms with Crippen molar-refractivity contribution in [2.24, 2.45) is 0 Å². The van der Waals surface area contributed by atoms with Gasteiger partial charge in [-0.1, -0.05) is 6.07 Å². The van der Waals surface area contributed by atoms with E-state index in [9.17, 15) is 0 Å². The molecule has 0 amide bonds. The molecule has 1 N–H and O–H groups in total. The quantitative estimate of drug-likeness (QED) is 0.772. The Morgan fingerprint density at radius 3 is 2.86 bits per heavy atom. The van der Waals surface area contributed by atoms with Crippen molar-refractivity contribution in [3.05, 3.63) is 35.6 Å². The summed E-state index contributed by atoms with van der Waals surface area (Å²) in [7, 11) is 2.18. The molecule has 0 unspecified atom stereocenters. The van der Waals surface area contributed by atoms with Crippen LogP contribution in [0.4, 0.5) is 0 Å². The van der Waals surface area contributed by atoms with Gasteiger partial charge in [-0.05, 0) is 50.5 Å². The Balaban J connectivity index is 0.00000144. The maximum atomic E-state index is 4.80. The van der Waals surface area contributed by atoms with E-state index in [1.54, 1.807) is 11.3 Å². The van der Waals surface area contributed by atoms with Crippen LogP contribution in [0.5, 0.6) is 0 Å². The van der Waals surface area contributed by atoms with Crippen LogP contribution in [0, 0.1) is 0 Å². The van der Waals surface area contributed by atoms with Gasteiger partial charge in [-0.15, -0.1) is 23.7 Å². The molecule has 1 aliphatic rings. The van der Waals surface area contributed by atoms with E-state index in [0.29, 0.717) is 5.92 Å². The van der Waals surface area contributed by atoms with Gasteiger partial charge in [0.15, 0.2) is 0 Å². The minimum atomic E-state index is 0. The molecule has 3 aromatic rings. The molecule has 4 heterocycles. The van der Waals surface area contributed by atoms with E-state index >= 15 is 0 Å². The maximum absolute atomic E-state index is 4.80. The second-order valence-electron chi connectivity index (χ2n) is 5.76. The average molecular weight is 335 g/mol. The number of aromatic amines is 1. The number of nitrogens with zero attached hydrogens (tertiary/aromatic N) is 3. The molecule has 0 bridgehead atoms. The van der Waals surface area contributed by atoms with E-state index < -0.39 is 0 Å². The molecule has 1 saturated heterocycles. The molecule has 4 rings (SSSR count). The molecule has 1 aliphatic heterocycles. The molecule has 116 valence electrons. The predicted molar refractivity (Wildman–Crippen MR) is 93.9 cm³/mol. The van der Waals surface area contributed by atoms with Crippen LogP contribution >= 0.6 is 23.7 Å². The van der Waals surface area contributed by atoms with Crippen LogP contribution in [0.3, 0.4) is 0 Å². The van der Waals surface area contributed by atoms with Gasteiger partial charge in [-0.2, -0.15) is 0 Å². The second-order valence-corrected chi connectivity index (χ2v) is 6.71. The highest BCUT2D eigenvalue weighted by atomic mass is 35.5. The van der Waals surface area contributed by atoms with Gasteiger partial charge in [0, 0.05) is 5.92 Å². The van der Waals surface area contributed by atoms with Crippen molar-refractivity contribution in [2.45, 2.75) is 18.8 Å². The molecule has 1 fully saturated rings. The van der Waals surface area contributed by atoms with Crippen LogP contribution in [0.25, 0.3) is 21.6 Å². The number of H-pyrrole nitrogens is 1. The molecule has 0 aliphatic carbocycles.